The van der Waals surface area contributed by atoms with Gasteiger partial charge in [0.05, 0.1) is 10.6 Å². The molecule has 1 N–H and O–H groups in total. The van der Waals surface area contributed by atoms with Crippen LogP contribution < -0.4 is 5.32 Å². The van der Waals surface area contributed by atoms with Gasteiger partial charge in [0.1, 0.15) is 6.33 Å². The van der Waals surface area contributed by atoms with Crippen LogP contribution in [0.5, 0.6) is 0 Å². The number of rotatable bonds is 5. The minimum Gasteiger partial charge on any atom is -0.290 e. The molecule has 0 saturated carbocycles. The first-order valence-corrected chi connectivity index (χ1v) is 11.3. The van der Waals surface area contributed by atoms with E-state index >= 15 is 0 Å². The quantitative estimate of drug-likeness (QED) is 0.678. The topological polar surface area (TPSA) is 97.2 Å². The van der Waals surface area contributed by atoms with Crippen molar-refractivity contribution in [2.24, 2.45) is 0 Å². The fourth-order valence-corrected chi connectivity index (χ4v) is 5.07. The number of hydrogen-bond acceptors (Lipinski definition) is 5. The summed E-state index contributed by atoms with van der Waals surface area (Å²) in [5.74, 6) is -0.178. The molecule has 9 heteroatoms. The average molecular weight is 426 g/mol. The number of carbonyl (C=O) groups is 1. The third-order valence-electron chi connectivity index (χ3n) is 5.21. The number of aromatic nitrogens is 3. The number of nitrogens with one attached hydrogen (secondary N) is 1. The molecule has 0 unspecified atom stereocenters. The maximum Gasteiger partial charge on any atom is 0.258 e. The summed E-state index contributed by atoms with van der Waals surface area (Å²) in [6.45, 7) is 2.80. The molecule has 1 amide bonds. The van der Waals surface area contributed by atoms with Crippen LogP contribution in [0.4, 0.5) is 5.95 Å². The van der Waals surface area contributed by atoms with Crippen LogP contribution in [-0.2, 0) is 10.0 Å². The normalized spacial score (nSPS) is 15.1. The maximum absolute atomic E-state index is 13.0. The van der Waals surface area contributed by atoms with E-state index in [2.05, 4.69) is 15.5 Å². The number of benzene rings is 2. The molecule has 1 saturated heterocycles. The number of sulfonamides is 1. The van der Waals surface area contributed by atoms with E-state index in [0.29, 0.717) is 18.7 Å². The average Bonchev–Trinajstić information content (AvgIpc) is 3.23. The molecule has 1 fully saturated rings. The van der Waals surface area contributed by atoms with E-state index in [1.165, 1.54) is 16.7 Å². The van der Waals surface area contributed by atoms with Crippen molar-refractivity contribution < 1.29 is 13.2 Å². The monoisotopic (exact) mass is 425 g/mol. The van der Waals surface area contributed by atoms with Crippen LogP contribution in [0.2, 0.25) is 0 Å². The van der Waals surface area contributed by atoms with Crippen molar-refractivity contribution in [2.45, 2.75) is 31.1 Å². The molecule has 3 aromatic rings. The summed E-state index contributed by atoms with van der Waals surface area (Å²) >= 11 is 0. The van der Waals surface area contributed by atoms with Gasteiger partial charge in [-0.1, -0.05) is 30.7 Å². The number of para-hydroxylation sites is 1. The molecule has 1 aliphatic rings. The molecule has 0 aliphatic carbocycles. The highest BCUT2D eigenvalue weighted by molar-refractivity contribution is 7.89. The van der Waals surface area contributed by atoms with E-state index in [4.69, 9.17) is 0 Å². The third-order valence-corrected chi connectivity index (χ3v) is 7.11. The summed E-state index contributed by atoms with van der Waals surface area (Å²) < 4.78 is 29.1. The van der Waals surface area contributed by atoms with Gasteiger partial charge in [0.25, 0.3) is 5.91 Å². The summed E-state index contributed by atoms with van der Waals surface area (Å²) in [5, 5.41) is 10.6. The van der Waals surface area contributed by atoms with Gasteiger partial charge in [-0.3, -0.25) is 14.7 Å². The zero-order valence-electron chi connectivity index (χ0n) is 16.7. The van der Waals surface area contributed by atoms with Crippen molar-refractivity contribution in [1.82, 2.24) is 19.1 Å². The smallest absolute Gasteiger partial charge is 0.258 e. The van der Waals surface area contributed by atoms with Crippen LogP contribution in [0.3, 0.4) is 0 Å². The second kappa shape index (κ2) is 8.37. The first kappa shape index (κ1) is 20.2. The molecule has 0 spiro atoms. The molecule has 0 atom stereocenters. The van der Waals surface area contributed by atoms with Crippen LogP contribution in [0.25, 0.3) is 5.69 Å². The molecule has 1 aromatic heterocycles. The molecule has 2 aromatic carbocycles. The number of nitrogens with zero attached hydrogens (tertiary/aromatic N) is 4. The lowest BCUT2D eigenvalue weighted by atomic mass is 10.1. The highest BCUT2D eigenvalue weighted by Gasteiger charge is 2.27. The zero-order chi connectivity index (χ0) is 21.1. The van der Waals surface area contributed by atoms with Gasteiger partial charge in [0.2, 0.25) is 16.0 Å². The lowest BCUT2D eigenvalue weighted by Crippen LogP contribution is -2.35. The van der Waals surface area contributed by atoms with Gasteiger partial charge in [-0.25, -0.2) is 8.42 Å². The van der Waals surface area contributed by atoms with Crippen LogP contribution in [0, 0.1) is 6.92 Å². The molecule has 4 rings (SSSR count). The molecular formula is C21H23N5O3S. The molecule has 0 radical (unpaired) electrons. The van der Waals surface area contributed by atoms with E-state index in [9.17, 15) is 13.2 Å². The van der Waals surface area contributed by atoms with E-state index in [1.54, 1.807) is 23.6 Å². The highest BCUT2D eigenvalue weighted by Crippen LogP contribution is 2.23. The number of amides is 1. The summed E-state index contributed by atoms with van der Waals surface area (Å²) in [6.07, 6.45) is 4.26. The minimum atomic E-state index is -3.63. The Morgan fingerprint density at radius 2 is 1.77 bits per heavy atom. The first-order valence-electron chi connectivity index (χ1n) is 9.84. The molecule has 0 bridgehead atoms. The van der Waals surface area contributed by atoms with E-state index in [-0.39, 0.29) is 16.4 Å². The Hall–Kier alpha value is -3.04. The molecule has 2 heterocycles. The highest BCUT2D eigenvalue weighted by atomic mass is 32.2. The number of anilines is 1. The van der Waals surface area contributed by atoms with Crippen molar-refractivity contribution in [1.29, 1.82) is 0 Å². The predicted molar refractivity (Wildman–Crippen MR) is 113 cm³/mol. The Morgan fingerprint density at radius 1 is 1.03 bits per heavy atom. The standard InChI is InChI=1S/C21H23N5O3S/c1-16-10-11-18(30(28,29)25-12-6-3-7-13-25)14-19(16)20(27)23-21-24-22-15-26(21)17-8-4-2-5-9-17/h2,4-5,8-11,14-15H,3,6-7,12-13H2,1H3,(H,23,24,27). The first-order chi connectivity index (χ1) is 14.5. The summed E-state index contributed by atoms with van der Waals surface area (Å²) in [4.78, 5) is 13.1. The number of carbonyl (C=O) groups excluding carboxylic acids is 1. The minimum absolute atomic E-state index is 0.129. The third kappa shape index (κ3) is 3.99. The van der Waals surface area contributed by atoms with Gasteiger partial charge in [0, 0.05) is 18.7 Å². The van der Waals surface area contributed by atoms with Crippen molar-refractivity contribution in [2.75, 3.05) is 18.4 Å². The molecule has 30 heavy (non-hydrogen) atoms. The Morgan fingerprint density at radius 3 is 2.50 bits per heavy atom. The number of piperidine rings is 1. The molecular weight excluding hydrogens is 402 g/mol. The molecule has 1 aliphatic heterocycles. The Bertz CT molecular complexity index is 1150. The lowest BCUT2D eigenvalue weighted by molar-refractivity contribution is 0.102. The van der Waals surface area contributed by atoms with Crippen molar-refractivity contribution >= 4 is 21.9 Å². The number of aryl methyl sites for hydroxylation is 1. The number of hydrogen-bond donors (Lipinski definition) is 1. The summed E-state index contributed by atoms with van der Waals surface area (Å²) in [5.41, 5.74) is 1.77. The summed E-state index contributed by atoms with van der Waals surface area (Å²) in [6, 6.07) is 14.0. The zero-order valence-corrected chi connectivity index (χ0v) is 17.5. The van der Waals surface area contributed by atoms with Crippen LogP contribution in [-0.4, -0.2) is 46.5 Å². The maximum atomic E-state index is 13.0. The van der Waals surface area contributed by atoms with Gasteiger partial charge in [-0.15, -0.1) is 10.2 Å². The van der Waals surface area contributed by atoms with Gasteiger partial charge in [0.15, 0.2) is 0 Å². The van der Waals surface area contributed by atoms with Crippen LogP contribution >= 0.6 is 0 Å². The Balaban J connectivity index is 1.61. The van der Waals surface area contributed by atoms with Crippen molar-refractivity contribution in [3.63, 3.8) is 0 Å². The Labute approximate surface area is 175 Å². The van der Waals surface area contributed by atoms with Gasteiger partial charge < -0.3 is 0 Å². The molecule has 156 valence electrons. The predicted octanol–water partition coefficient (Wildman–Crippen LogP) is 3.00. The second-order valence-corrected chi connectivity index (χ2v) is 9.19. The van der Waals surface area contributed by atoms with Crippen LogP contribution in [0.15, 0.2) is 59.8 Å². The lowest BCUT2D eigenvalue weighted by Gasteiger charge is -2.26. The van der Waals surface area contributed by atoms with E-state index in [1.807, 2.05) is 30.3 Å². The van der Waals surface area contributed by atoms with Crippen molar-refractivity contribution in [3.8, 4) is 5.69 Å². The molecule has 8 nitrogen and oxygen atoms in total. The SMILES string of the molecule is Cc1ccc(S(=O)(=O)N2CCCCC2)cc1C(=O)Nc1nncn1-c1ccccc1. The van der Waals surface area contributed by atoms with Gasteiger partial charge >= 0.3 is 0 Å². The fourth-order valence-electron chi connectivity index (χ4n) is 3.53. The van der Waals surface area contributed by atoms with Gasteiger partial charge in [-0.05, 0) is 49.6 Å². The van der Waals surface area contributed by atoms with E-state index < -0.39 is 15.9 Å². The summed E-state index contributed by atoms with van der Waals surface area (Å²) in [7, 11) is -3.63. The Kier molecular flexibility index (Phi) is 5.65. The fraction of sp³-hybridized carbons (Fsp3) is 0.286. The van der Waals surface area contributed by atoms with Crippen LogP contribution in [0.1, 0.15) is 35.2 Å². The van der Waals surface area contributed by atoms with Crippen molar-refractivity contribution in [3.05, 3.63) is 66.0 Å². The second-order valence-electron chi connectivity index (χ2n) is 7.26. The van der Waals surface area contributed by atoms with Gasteiger partial charge in [-0.2, -0.15) is 4.31 Å². The van der Waals surface area contributed by atoms with E-state index in [0.717, 1.165) is 24.9 Å². The largest absolute Gasteiger partial charge is 0.290 e.